The number of hydrogen-bond donors (Lipinski definition) is 0. The molecule has 3 rings (SSSR count). The molecular formula is C15H13NO2. The molecule has 0 bridgehead atoms. The van der Waals surface area contributed by atoms with Crippen LogP contribution in [0.15, 0.2) is 41.3 Å². The van der Waals surface area contributed by atoms with Gasteiger partial charge in [-0.1, -0.05) is 31.2 Å². The maximum absolute atomic E-state index is 12.2. The highest BCUT2D eigenvalue weighted by Crippen LogP contribution is 2.34. The van der Waals surface area contributed by atoms with Gasteiger partial charge in [-0.05, 0) is 12.0 Å². The number of carbonyl (C=O) groups is 1. The summed E-state index contributed by atoms with van der Waals surface area (Å²) in [7, 11) is 0. The second-order valence-corrected chi connectivity index (χ2v) is 4.51. The maximum Gasteiger partial charge on any atom is 0.251 e. The van der Waals surface area contributed by atoms with Gasteiger partial charge in [0.1, 0.15) is 0 Å². The predicted octanol–water partition coefficient (Wildman–Crippen LogP) is 2.47. The van der Waals surface area contributed by atoms with Crippen LogP contribution in [0.2, 0.25) is 0 Å². The van der Waals surface area contributed by atoms with Crippen molar-refractivity contribution >= 4 is 5.78 Å². The molecule has 3 heteroatoms. The zero-order valence-corrected chi connectivity index (χ0v) is 10.1. The number of aryl methyl sites for hydroxylation is 1. The molecule has 0 saturated heterocycles. The van der Waals surface area contributed by atoms with Crippen molar-refractivity contribution in [3.05, 3.63) is 58.0 Å². The van der Waals surface area contributed by atoms with Crippen LogP contribution in [0.25, 0.3) is 11.1 Å². The molecule has 0 atom stereocenters. The molecule has 0 aliphatic heterocycles. The summed E-state index contributed by atoms with van der Waals surface area (Å²) in [5, 5.41) is 0. The Hall–Kier alpha value is -2.16. The molecule has 0 N–H and O–H groups in total. The molecule has 18 heavy (non-hydrogen) atoms. The Kier molecular flexibility index (Phi) is 2.40. The lowest BCUT2D eigenvalue weighted by molar-refractivity contribution is 0.104. The fourth-order valence-corrected chi connectivity index (χ4v) is 2.45. The van der Waals surface area contributed by atoms with Crippen molar-refractivity contribution in [2.45, 2.75) is 19.9 Å². The van der Waals surface area contributed by atoms with Crippen molar-refractivity contribution in [1.82, 2.24) is 4.57 Å². The molecular weight excluding hydrogens is 226 g/mol. The Labute approximate surface area is 105 Å². The molecule has 0 unspecified atom stereocenters. The van der Waals surface area contributed by atoms with E-state index in [1.54, 1.807) is 16.8 Å². The van der Waals surface area contributed by atoms with Crippen LogP contribution in [0.5, 0.6) is 0 Å². The summed E-state index contributed by atoms with van der Waals surface area (Å²) in [5.74, 6) is 0.0189. The number of hydrogen-bond acceptors (Lipinski definition) is 2. The summed E-state index contributed by atoms with van der Waals surface area (Å²) in [6.07, 6.45) is 2.57. The normalized spacial score (nSPS) is 12.4. The summed E-state index contributed by atoms with van der Waals surface area (Å²) in [5.41, 5.74) is 2.94. The highest BCUT2D eigenvalue weighted by Gasteiger charge is 2.27. The molecule has 90 valence electrons. The van der Waals surface area contributed by atoms with Crippen molar-refractivity contribution < 1.29 is 4.79 Å². The third-order valence-corrected chi connectivity index (χ3v) is 3.30. The van der Waals surface area contributed by atoms with Crippen LogP contribution in [0.1, 0.15) is 29.3 Å². The van der Waals surface area contributed by atoms with Gasteiger partial charge in [0.25, 0.3) is 5.56 Å². The molecule has 1 aromatic heterocycles. The second kappa shape index (κ2) is 3.95. The molecule has 1 aliphatic rings. The third-order valence-electron chi connectivity index (χ3n) is 3.30. The van der Waals surface area contributed by atoms with Crippen LogP contribution in [0, 0.1) is 0 Å². The molecule has 1 aromatic carbocycles. The predicted molar refractivity (Wildman–Crippen MR) is 69.9 cm³/mol. The van der Waals surface area contributed by atoms with Crippen molar-refractivity contribution in [2.75, 3.05) is 0 Å². The molecule has 1 heterocycles. The van der Waals surface area contributed by atoms with E-state index in [4.69, 9.17) is 0 Å². The van der Waals surface area contributed by atoms with Gasteiger partial charge in [0.15, 0.2) is 5.78 Å². The number of carbonyl (C=O) groups excluding carboxylic acids is 1. The Morgan fingerprint density at radius 1 is 1.00 bits per heavy atom. The Morgan fingerprint density at radius 3 is 2.44 bits per heavy atom. The minimum absolute atomic E-state index is 0.0189. The van der Waals surface area contributed by atoms with Gasteiger partial charge in [-0.25, -0.2) is 0 Å². The van der Waals surface area contributed by atoms with Crippen LogP contribution in [0.3, 0.4) is 0 Å². The highest BCUT2D eigenvalue weighted by atomic mass is 16.1. The molecule has 0 fully saturated rings. The van der Waals surface area contributed by atoms with Crippen molar-refractivity contribution in [3.63, 3.8) is 0 Å². The van der Waals surface area contributed by atoms with Gasteiger partial charge in [-0.3, -0.25) is 9.59 Å². The van der Waals surface area contributed by atoms with E-state index in [1.807, 2.05) is 31.2 Å². The largest absolute Gasteiger partial charge is 0.315 e. The lowest BCUT2D eigenvalue weighted by Gasteiger charge is -2.05. The van der Waals surface area contributed by atoms with Gasteiger partial charge >= 0.3 is 0 Å². The third kappa shape index (κ3) is 1.44. The van der Waals surface area contributed by atoms with Gasteiger partial charge in [-0.15, -0.1) is 0 Å². The standard InChI is InChI=1S/C15H13NO2/c1-2-7-16-9-13-12(8-14(16)17)10-5-3-4-6-11(10)15(13)18/h3-6,8-9H,2,7H2,1H3. The van der Waals surface area contributed by atoms with Gasteiger partial charge < -0.3 is 4.57 Å². The molecule has 0 radical (unpaired) electrons. The first-order valence-corrected chi connectivity index (χ1v) is 6.11. The van der Waals surface area contributed by atoms with E-state index in [2.05, 4.69) is 0 Å². The fraction of sp³-hybridized carbons (Fsp3) is 0.200. The fourth-order valence-electron chi connectivity index (χ4n) is 2.45. The lowest BCUT2D eigenvalue weighted by atomic mass is 10.1. The number of pyridine rings is 1. The number of nitrogens with zero attached hydrogens (tertiary/aromatic N) is 1. The maximum atomic E-state index is 12.2. The van der Waals surface area contributed by atoms with Crippen molar-refractivity contribution in [1.29, 1.82) is 0 Å². The molecule has 0 spiro atoms. The number of fused-ring (bicyclic) bond motifs is 3. The minimum atomic E-state index is -0.0416. The second-order valence-electron chi connectivity index (χ2n) is 4.51. The van der Waals surface area contributed by atoms with Crippen molar-refractivity contribution in [2.24, 2.45) is 0 Å². The van der Waals surface area contributed by atoms with E-state index in [9.17, 15) is 9.59 Å². The first-order valence-electron chi connectivity index (χ1n) is 6.11. The Bertz CT molecular complexity index is 698. The zero-order chi connectivity index (χ0) is 12.7. The van der Waals surface area contributed by atoms with E-state index >= 15 is 0 Å². The van der Waals surface area contributed by atoms with Crippen molar-refractivity contribution in [3.8, 4) is 11.1 Å². The first kappa shape index (κ1) is 11.0. The van der Waals surface area contributed by atoms with Gasteiger partial charge in [0.2, 0.25) is 0 Å². The molecule has 0 amide bonds. The average Bonchev–Trinajstić information content (AvgIpc) is 2.65. The monoisotopic (exact) mass is 239 g/mol. The molecule has 3 nitrogen and oxygen atoms in total. The molecule has 1 aliphatic carbocycles. The average molecular weight is 239 g/mol. The van der Waals surface area contributed by atoms with E-state index in [-0.39, 0.29) is 11.3 Å². The van der Waals surface area contributed by atoms with Crippen LogP contribution in [-0.4, -0.2) is 10.4 Å². The molecule has 2 aromatic rings. The summed E-state index contributed by atoms with van der Waals surface area (Å²) < 4.78 is 1.61. The highest BCUT2D eigenvalue weighted by molar-refractivity contribution is 6.21. The van der Waals surface area contributed by atoms with E-state index in [1.165, 1.54) is 0 Å². The van der Waals surface area contributed by atoms with E-state index in [0.29, 0.717) is 17.7 Å². The van der Waals surface area contributed by atoms with Gasteiger partial charge in [0.05, 0.1) is 0 Å². The Balaban J connectivity index is 2.26. The summed E-state index contributed by atoms with van der Waals surface area (Å²) in [6, 6.07) is 9.02. The van der Waals surface area contributed by atoms with E-state index in [0.717, 1.165) is 17.5 Å². The number of rotatable bonds is 2. The van der Waals surface area contributed by atoms with Crippen LogP contribution < -0.4 is 5.56 Å². The Morgan fingerprint density at radius 2 is 1.72 bits per heavy atom. The number of benzene rings is 1. The summed E-state index contributed by atoms with van der Waals surface area (Å²) in [6.45, 7) is 2.66. The first-order chi connectivity index (χ1) is 8.72. The minimum Gasteiger partial charge on any atom is -0.315 e. The zero-order valence-electron chi connectivity index (χ0n) is 10.1. The smallest absolute Gasteiger partial charge is 0.251 e. The van der Waals surface area contributed by atoms with Gasteiger partial charge in [0, 0.05) is 35.5 Å². The lowest BCUT2D eigenvalue weighted by Crippen LogP contribution is -2.19. The quantitative estimate of drug-likeness (QED) is 0.689. The number of aromatic nitrogens is 1. The van der Waals surface area contributed by atoms with Gasteiger partial charge in [-0.2, -0.15) is 0 Å². The summed E-state index contributed by atoms with van der Waals surface area (Å²) >= 11 is 0. The SMILES string of the molecule is CCCn1cc2c(cc1=O)-c1ccccc1C2=O. The van der Waals surface area contributed by atoms with Crippen LogP contribution >= 0.6 is 0 Å². The van der Waals surface area contributed by atoms with Crippen LogP contribution in [-0.2, 0) is 6.54 Å². The molecule has 0 saturated carbocycles. The number of ketones is 1. The summed E-state index contributed by atoms with van der Waals surface area (Å²) in [4.78, 5) is 24.2. The topological polar surface area (TPSA) is 39.1 Å². The van der Waals surface area contributed by atoms with E-state index < -0.39 is 0 Å². The van der Waals surface area contributed by atoms with Crippen LogP contribution in [0.4, 0.5) is 0 Å².